The van der Waals surface area contributed by atoms with Gasteiger partial charge < -0.3 is 0 Å². The summed E-state index contributed by atoms with van der Waals surface area (Å²) in [6.07, 6.45) is 1.83. The van der Waals surface area contributed by atoms with Crippen LogP contribution in [0.25, 0.3) is 0 Å². The molecule has 0 unspecified atom stereocenters. The van der Waals surface area contributed by atoms with Crippen LogP contribution in [-0.4, -0.2) is 11.7 Å². The third kappa shape index (κ3) is 3.92. The second kappa shape index (κ2) is 5.57. The summed E-state index contributed by atoms with van der Waals surface area (Å²) in [6.45, 7) is 0.695. The van der Waals surface area contributed by atoms with Gasteiger partial charge in [0.1, 0.15) is 5.82 Å². The van der Waals surface area contributed by atoms with E-state index in [1.807, 2.05) is 0 Å². The van der Waals surface area contributed by atoms with Crippen molar-refractivity contribution in [1.82, 2.24) is 0 Å². The highest BCUT2D eigenvalue weighted by atomic mass is 32.1. The fourth-order valence-corrected chi connectivity index (χ4v) is 1.15. The average molecular weight is 195 g/mol. The standard InChI is InChI=1S/C10H10FNS/c11-10-5-3-9(4-6-10)2-1-7-12-8-13/h3-6H,1-2,7H2. The molecule has 0 saturated heterocycles. The lowest BCUT2D eigenvalue weighted by Crippen LogP contribution is -1.88. The molecule has 0 N–H and O–H groups in total. The number of thiocarbonyl (C=S) groups is 1. The maximum Gasteiger partial charge on any atom is 0.123 e. The molecule has 0 radical (unpaired) electrons. The summed E-state index contributed by atoms with van der Waals surface area (Å²) in [5.41, 5.74) is 1.13. The van der Waals surface area contributed by atoms with E-state index in [0.717, 1.165) is 18.4 Å². The normalized spacial score (nSPS) is 9.31. The number of hydrogen-bond donors (Lipinski definition) is 0. The maximum atomic E-state index is 12.5. The zero-order valence-corrected chi connectivity index (χ0v) is 7.98. The van der Waals surface area contributed by atoms with Crippen molar-refractivity contribution in [2.24, 2.45) is 4.99 Å². The van der Waals surface area contributed by atoms with Crippen LogP contribution in [0.15, 0.2) is 29.3 Å². The number of rotatable bonds is 4. The van der Waals surface area contributed by atoms with E-state index in [4.69, 9.17) is 0 Å². The largest absolute Gasteiger partial charge is 0.233 e. The first-order chi connectivity index (χ1) is 6.33. The van der Waals surface area contributed by atoms with Crippen LogP contribution in [0.4, 0.5) is 4.39 Å². The van der Waals surface area contributed by atoms with Crippen LogP contribution in [-0.2, 0) is 6.42 Å². The van der Waals surface area contributed by atoms with Crippen molar-refractivity contribution in [3.05, 3.63) is 35.6 Å². The van der Waals surface area contributed by atoms with E-state index >= 15 is 0 Å². The number of aliphatic imine (C=N–C) groups is 1. The zero-order chi connectivity index (χ0) is 9.52. The van der Waals surface area contributed by atoms with E-state index in [-0.39, 0.29) is 5.82 Å². The highest BCUT2D eigenvalue weighted by Crippen LogP contribution is 2.05. The van der Waals surface area contributed by atoms with Gasteiger partial charge in [0.05, 0.1) is 5.16 Å². The van der Waals surface area contributed by atoms with Crippen LogP contribution in [0.5, 0.6) is 0 Å². The first-order valence-electron chi connectivity index (χ1n) is 4.11. The van der Waals surface area contributed by atoms with Gasteiger partial charge in [0.2, 0.25) is 0 Å². The Hall–Kier alpha value is -1.05. The third-order valence-corrected chi connectivity index (χ3v) is 1.84. The molecule has 0 atom stereocenters. The van der Waals surface area contributed by atoms with Gasteiger partial charge >= 0.3 is 0 Å². The summed E-state index contributed by atoms with van der Waals surface area (Å²) in [5.74, 6) is -0.194. The predicted octanol–water partition coefficient (Wildman–Crippen LogP) is 2.86. The molecule has 0 fully saturated rings. The van der Waals surface area contributed by atoms with Crippen LogP contribution in [0.1, 0.15) is 12.0 Å². The number of aryl methyl sites for hydroxylation is 1. The summed E-state index contributed by atoms with van der Waals surface area (Å²) >= 11 is 4.43. The van der Waals surface area contributed by atoms with Crippen molar-refractivity contribution < 1.29 is 4.39 Å². The zero-order valence-electron chi connectivity index (χ0n) is 7.16. The van der Waals surface area contributed by atoms with Crippen LogP contribution >= 0.6 is 12.2 Å². The van der Waals surface area contributed by atoms with Gasteiger partial charge in [-0.1, -0.05) is 12.1 Å². The van der Waals surface area contributed by atoms with Gasteiger partial charge in [0.15, 0.2) is 0 Å². The van der Waals surface area contributed by atoms with Crippen LogP contribution in [0.3, 0.4) is 0 Å². The molecule has 0 amide bonds. The van der Waals surface area contributed by atoms with Crippen molar-refractivity contribution in [2.45, 2.75) is 12.8 Å². The Labute approximate surface area is 82.3 Å². The molecule has 0 bridgehead atoms. The topological polar surface area (TPSA) is 12.4 Å². The smallest absolute Gasteiger partial charge is 0.123 e. The molecule has 0 aliphatic carbocycles. The first kappa shape index (κ1) is 10.0. The minimum absolute atomic E-state index is 0.194. The molecule has 13 heavy (non-hydrogen) atoms. The fraction of sp³-hybridized carbons (Fsp3) is 0.300. The van der Waals surface area contributed by atoms with E-state index < -0.39 is 0 Å². The molecule has 1 nitrogen and oxygen atoms in total. The minimum Gasteiger partial charge on any atom is -0.233 e. The van der Waals surface area contributed by atoms with E-state index in [9.17, 15) is 4.39 Å². The Bertz CT molecular complexity index is 301. The van der Waals surface area contributed by atoms with E-state index in [2.05, 4.69) is 22.4 Å². The van der Waals surface area contributed by atoms with Gasteiger partial charge in [-0.05, 0) is 42.8 Å². The molecule has 0 aliphatic rings. The number of hydrogen-bond acceptors (Lipinski definition) is 2. The number of halogens is 1. The summed E-state index contributed by atoms with van der Waals surface area (Å²) in [4.78, 5) is 3.80. The number of benzene rings is 1. The molecule has 3 heteroatoms. The fourth-order valence-electron chi connectivity index (χ4n) is 1.06. The summed E-state index contributed by atoms with van der Waals surface area (Å²) in [5, 5.41) is 2.31. The Morgan fingerprint density at radius 1 is 1.31 bits per heavy atom. The van der Waals surface area contributed by atoms with Gasteiger partial charge in [-0.15, -0.1) is 0 Å². The minimum atomic E-state index is -0.194. The molecule has 1 aromatic rings. The molecule has 0 aromatic heterocycles. The second-order valence-electron chi connectivity index (χ2n) is 2.70. The molecular formula is C10H10FNS. The lowest BCUT2D eigenvalue weighted by Gasteiger charge is -1.97. The highest BCUT2D eigenvalue weighted by molar-refractivity contribution is 7.78. The molecule has 0 spiro atoms. The van der Waals surface area contributed by atoms with Crippen molar-refractivity contribution in [2.75, 3.05) is 6.54 Å². The van der Waals surface area contributed by atoms with Crippen LogP contribution in [0, 0.1) is 5.82 Å². The van der Waals surface area contributed by atoms with Gasteiger partial charge in [0, 0.05) is 6.54 Å². The molecular weight excluding hydrogens is 185 g/mol. The Morgan fingerprint density at radius 3 is 2.62 bits per heavy atom. The molecule has 1 aromatic carbocycles. The third-order valence-electron chi connectivity index (χ3n) is 1.71. The second-order valence-corrected chi connectivity index (χ2v) is 2.89. The van der Waals surface area contributed by atoms with Gasteiger partial charge in [-0.2, -0.15) is 0 Å². The quantitative estimate of drug-likeness (QED) is 0.409. The van der Waals surface area contributed by atoms with Crippen LogP contribution < -0.4 is 0 Å². The Morgan fingerprint density at radius 2 is 2.00 bits per heavy atom. The van der Waals surface area contributed by atoms with Crippen molar-refractivity contribution in [3.63, 3.8) is 0 Å². The van der Waals surface area contributed by atoms with Gasteiger partial charge in [-0.3, -0.25) is 0 Å². The summed E-state index contributed by atoms with van der Waals surface area (Å²) < 4.78 is 12.5. The van der Waals surface area contributed by atoms with Crippen molar-refractivity contribution in [1.29, 1.82) is 0 Å². The molecule has 0 saturated carbocycles. The van der Waals surface area contributed by atoms with Gasteiger partial charge in [-0.25, -0.2) is 9.38 Å². The molecule has 0 heterocycles. The van der Waals surface area contributed by atoms with Gasteiger partial charge in [0.25, 0.3) is 0 Å². The van der Waals surface area contributed by atoms with Crippen LogP contribution in [0.2, 0.25) is 0 Å². The number of nitrogens with zero attached hydrogens (tertiary/aromatic N) is 1. The van der Waals surface area contributed by atoms with E-state index in [1.165, 1.54) is 12.1 Å². The van der Waals surface area contributed by atoms with Crippen molar-refractivity contribution >= 4 is 17.4 Å². The Balaban J connectivity index is 2.37. The highest BCUT2D eigenvalue weighted by Gasteiger charge is 1.92. The summed E-state index contributed by atoms with van der Waals surface area (Å²) in [7, 11) is 0. The van der Waals surface area contributed by atoms with E-state index in [1.54, 1.807) is 12.1 Å². The predicted molar refractivity (Wildman–Crippen MR) is 54.6 cm³/mol. The molecule has 0 aliphatic heterocycles. The monoisotopic (exact) mass is 195 g/mol. The summed E-state index contributed by atoms with van der Waals surface area (Å²) in [6, 6.07) is 6.52. The van der Waals surface area contributed by atoms with E-state index in [0.29, 0.717) is 6.54 Å². The Kier molecular flexibility index (Phi) is 4.30. The molecule has 1 rings (SSSR count). The average Bonchev–Trinajstić information content (AvgIpc) is 2.15. The lowest BCUT2D eigenvalue weighted by molar-refractivity contribution is 0.626. The maximum absolute atomic E-state index is 12.5. The SMILES string of the molecule is Fc1ccc(CCCN=C=S)cc1. The van der Waals surface area contributed by atoms with Crippen molar-refractivity contribution in [3.8, 4) is 0 Å². The first-order valence-corrected chi connectivity index (χ1v) is 4.52. The number of isothiocyanates is 1. The molecule has 68 valence electrons. The lowest BCUT2D eigenvalue weighted by atomic mass is 10.1.